The van der Waals surface area contributed by atoms with Crippen LogP contribution in [0.5, 0.6) is 0 Å². The van der Waals surface area contributed by atoms with Crippen molar-refractivity contribution in [3.8, 4) is 11.3 Å². The van der Waals surface area contributed by atoms with Crippen molar-refractivity contribution in [2.45, 2.75) is 59.7 Å². The van der Waals surface area contributed by atoms with Gasteiger partial charge in [-0.1, -0.05) is 30.7 Å². The van der Waals surface area contributed by atoms with Gasteiger partial charge in [0.1, 0.15) is 6.54 Å². The Hall–Kier alpha value is -2.44. The number of amides is 1. The summed E-state index contributed by atoms with van der Waals surface area (Å²) in [5.74, 6) is 0.0376. The Balaban J connectivity index is 1.40. The molecule has 31 heavy (non-hydrogen) atoms. The first-order valence-corrected chi connectivity index (χ1v) is 12.0. The lowest BCUT2D eigenvalue weighted by Crippen LogP contribution is -2.31. The van der Waals surface area contributed by atoms with Gasteiger partial charge >= 0.3 is 0 Å². The molecule has 1 amide bonds. The molecule has 3 heterocycles. The summed E-state index contributed by atoms with van der Waals surface area (Å²) in [6.45, 7) is 10.4. The third-order valence-electron chi connectivity index (χ3n) is 6.21. The Morgan fingerprint density at radius 2 is 1.84 bits per heavy atom. The van der Waals surface area contributed by atoms with Crippen LogP contribution in [0.1, 0.15) is 46.8 Å². The molecule has 0 spiro atoms. The zero-order valence-corrected chi connectivity index (χ0v) is 19.6. The summed E-state index contributed by atoms with van der Waals surface area (Å²) in [4.78, 5) is 19.9. The highest BCUT2D eigenvalue weighted by Gasteiger charge is 2.16. The van der Waals surface area contributed by atoms with E-state index in [4.69, 9.17) is 0 Å². The van der Waals surface area contributed by atoms with E-state index in [-0.39, 0.29) is 5.91 Å². The molecule has 2 aromatic heterocycles. The summed E-state index contributed by atoms with van der Waals surface area (Å²) in [5, 5.41) is 6.28. The molecule has 6 heteroatoms. The highest BCUT2D eigenvalue weighted by atomic mass is 32.1. The molecule has 1 fully saturated rings. The number of aromatic nitrogens is 2. The molecule has 1 aromatic carbocycles. The second kappa shape index (κ2) is 9.79. The molecular formula is C25H32N4OS. The Morgan fingerprint density at radius 3 is 2.55 bits per heavy atom. The highest BCUT2D eigenvalue weighted by Crippen LogP contribution is 2.28. The van der Waals surface area contributed by atoms with Crippen LogP contribution >= 0.6 is 11.3 Å². The fourth-order valence-electron chi connectivity index (χ4n) is 4.43. The van der Waals surface area contributed by atoms with Gasteiger partial charge in [0, 0.05) is 35.4 Å². The van der Waals surface area contributed by atoms with E-state index in [9.17, 15) is 4.79 Å². The summed E-state index contributed by atoms with van der Waals surface area (Å²) in [5.41, 5.74) is 6.80. The van der Waals surface area contributed by atoms with E-state index in [1.165, 1.54) is 43.5 Å². The fourth-order valence-corrected chi connectivity index (χ4v) is 5.04. The molecule has 1 aliphatic rings. The molecule has 164 valence electrons. The van der Waals surface area contributed by atoms with Crippen LogP contribution in [-0.4, -0.2) is 33.4 Å². The zero-order chi connectivity index (χ0) is 21.8. The Bertz CT molecular complexity index is 1050. The molecular weight excluding hydrogens is 404 g/mol. The number of rotatable bonds is 7. The molecule has 3 aromatic rings. The summed E-state index contributed by atoms with van der Waals surface area (Å²) in [7, 11) is 0. The van der Waals surface area contributed by atoms with Crippen LogP contribution in [0.3, 0.4) is 0 Å². The van der Waals surface area contributed by atoms with Crippen LogP contribution in [0.15, 0.2) is 35.7 Å². The molecule has 0 atom stereocenters. The van der Waals surface area contributed by atoms with E-state index in [0.29, 0.717) is 13.1 Å². The minimum Gasteiger partial charge on any atom is -0.350 e. The topological polar surface area (TPSA) is 50.2 Å². The maximum absolute atomic E-state index is 12.8. The van der Waals surface area contributed by atoms with E-state index in [1.807, 2.05) is 6.92 Å². The quantitative estimate of drug-likeness (QED) is 0.577. The Morgan fingerprint density at radius 1 is 1.10 bits per heavy atom. The van der Waals surface area contributed by atoms with Gasteiger partial charge in [0.05, 0.1) is 10.7 Å². The van der Waals surface area contributed by atoms with E-state index in [0.717, 1.165) is 34.2 Å². The van der Waals surface area contributed by atoms with Gasteiger partial charge in [-0.15, -0.1) is 11.3 Å². The average Bonchev–Trinajstić information content (AvgIpc) is 3.32. The molecule has 0 bridgehead atoms. The molecule has 0 radical (unpaired) electrons. The summed E-state index contributed by atoms with van der Waals surface area (Å²) < 4.78 is 2.08. The number of benzene rings is 1. The van der Waals surface area contributed by atoms with Crippen molar-refractivity contribution in [3.05, 3.63) is 63.2 Å². The second-order valence-electron chi connectivity index (χ2n) is 8.50. The van der Waals surface area contributed by atoms with Gasteiger partial charge < -0.3 is 9.88 Å². The van der Waals surface area contributed by atoms with E-state index in [1.54, 1.807) is 11.3 Å². The van der Waals surface area contributed by atoms with Gasteiger partial charge in [-0.25, -0.2) is 4.98 Å². The largest absolute Gasteiger partial charge is 0.350 e. The number of aryl methyl sites for hydroxylation is 2. The number of hydrogen-bond acceptors (Lipinski definition) is 4. The summed E-state index contributed by atoms with van der Waals surface area (Å²) in [6, 6.07) is 10.6. The normalized spacial score (nSPS) is 14.7. The van der Waals surface area contributed by atoms with Crippen LogP contribution in [0.25, 0.3) is 11.3 Å². The maximum Gasteiger partial charge on any atom is 0.240 e. The van der Waals surface area contributed by atoms with Crippen molar-refractivity contribution in [3.63, 3.8) is 0 Å². The van der Waals surface area contributed by atoms with Crippen LogP contribution < -0.4 is 5.32 Å². The number of piperidine rings is 1. The lowest BCUT2D eigenvalue weighted by Gasteiger charge is -2.27. The average molecular weight is 437 g/mol. The van der Waals surface area contributed by atoms with Crippen molar-refractivity contribution in [1.29, 1.82) is 0 Å². The summed E-state index contributed by atoms with van der Waals surface area (Å²) >= 11 is 1.65. The van der Waals surface area contributed by atoms with Crippen LogP contribution in [-0.2, 0) is 24.4 Å². The Kier molecular flexibility index (Phi) is 6.88. The lowest BCUT2D eigenvalue weighted by atomic mass is 10.0. The van der Waals surface area contributed by atoms with Crippen LogP contribution in [0.2, 0.25) is 0 Å². The Labute approximate surface area is 189 Å². The number of nitrogens with zero attached hydrogens (tertiary/aromatic N) is 3. The highest BCUT2D eigenvalue weighted by molar-refractivity contribution is 7.09. The SMILES string of the molecule is Cc1nc(-c2cc(C)n(CC(=O)NCc3ccccc3CN3CCCCC3)c2C)cs1. The molecule has 5 nitrogen and oxygen atoms in total. The van der Waals surface area contributed by atoms with Crippen molar-refractivity contribution in [1.82, 2.24) is 19.8 Å². The third kappa shape index (κ3) is 5.25. The number of carbonyl (C=O) groups is 1. The molecule has 1 N–H and O–H groups in total. The minimum atomic E-state index is 0.0376. The molecule has 0 aliphatic carbocycles. The summed E-state index contributed by atoms with van der Waals surface area (Å²) in [6.07, 6.45) is 3.92. The predicted molar refractivity (Wildman–Crippen MR) is 127 cm³/mol. The van der Waals surface area contributed by atoms with Gasteiger partial charge in [0.2, 0.25) is 5.91 Å². The van der Waals surface area contributed by atoms with Gasteiger partial charge in [0.25, 0.3) is 0 Å². The maximum atomic E-state index is 12.8. The van der Waals surface area contributed by atoms with E-state index < -0.39 is 0 Å². The standard InChI is InChI=1S/C25H32N4OS/c1-18-13-23(24-17-31-20(3)27-24)19(2)29(18)16-25(30)26-14-21-9-5-6-10-22(21)15-28-11-7-4-8-12-28/h5-6,9-10,13,17H,4,7-8,11-12,14-16H2,1-3H3,(H,26,30). The monoisotopic (exact) mass is 436 g/mol. The molecule has 0 saturated carbocycles. The van der Waals surface area contributed by atoms with Gasteiger partial charge in [-0.3, -0.25) is 9.69 Å². The van der Waals surface area contributed by atoms with Crippen LogP contribution in [0, 0.1) is 20.8 Å². The molecule has 0 unspecified atom stereocenters. The smallest absolute Gasteiger partial charge is 0.240 e. The first kappa shape index (κ1) is 21.8. The zero-order valence-electron chi connectivity index (χ0n) is 18.8. The fraction of sp³-hybridized carbons (Fsp3) is 0.440. The number of carbonyl (C=O) groups excluding carboxylic acids is 1. The van der Waals surface area contributed by atoms with Gasteiger partial charge in [0.15, 0.2) is 0 Å². The van der Waals surface area contributed by atoms with Crippen molar-refractivity contribution >= 4 is 17.2 Å². The van der Waals surface area contributed by atoms with Crippen molar-refractivity contribution < 1.29 is 4.79 Å². The first-order valence-electron chi connectivity index (χ1n) is 11.2. The number of nitrogens with one attached hydrogen (secondary N) is 1. The number of hydrogen-bond donors (Lipinski definition) is 1. The van der Waals surface area contributed by atoms with E-state index in [2.05, 4.69) is 69.3 Å². The van der Waals surface area contributed by atoms with Gasteiger partial charge in [-0.05, 0) is 63.9 Å². The lowest BCUT2D eigenvalue weighted by molar-refractivity contribution is -0.121. The first-order chi connectivity index (χ1) is 15.0. The van der Waals surface area contributed by atoms with Crippen molar-refractivity contribution in [2.24, 2.45) is 0 Å². The molecule has 4 rings (SSSR count). The van der Waals surface area contributed by atoms with Gasteiger partial charge in [-0.2, -0.15) is 0 Å². The van der Waals surface area contributed by atoms with E-state index >= 15 is 0 Å². The molecule has 1 saturated heterocycles. The van der Waals surface area contributed by atoms with Crippen LogP contribution in [0.4, 0.5) is 0 Å². The van der Waals surface area contributed by atoms with Crippen molar-refractivity contribution in [2.75, 3.05) is 13.1 Å². The molecule has 1 aliphatic heterocycles. The third-order valence-corrected chi connectivity index (χ3v) is 6.98. The minimum absolute atomic E-state index is 0.0376. The number of thiazole rings is 1. The predicted octanol–water partition coefficient (Wildman–Crippen LogP) is 4.84. The second-order valence-corrected chi connectivity index (χ2v) is 9.57. The number of likely N-dealkylation sites (tertiary alicyclic amines) is 1.